The van der Waals surface area contributed by atoms with E-state index in [4.69, 9.17) is 5.11 Å². The minimum atomic E-state index is -0.0299. The summed E-state index contributed by atoms with van der Waals surface area (Å²) in [6.07, 6.45) is 0.778. The summed E-state index contributed by atoms with van der Waals surface area (Å²) in [4.78, 5) is 16.3. The van der Waals surface area contributed by atoms with Gasteiger partial charge in [-0.25, -0.2) is 0 Å². The maximum atomic E-state index is 12.2. The Kier molecular flexibility index (Phi) is 4.76. The van der Waals surface area contributed by atoms with Crippen LogP contribution in [0.4, 0.5) is 0 Å². The lowest BCUT2D eigenvalue weighted by Gasteiger charge is -2.34. The van der Waals surface area contributed by atoms with Gasteiger partial charge in [-0.15, -0.1) is 0 Å². The number of rotatable bonds is 4. The Morgan fingerprint density at radius 1 is 1.21 bits per heavy atom. The van der Waals surface area contributed by atoms with Gasteiger partial charge in [0.15, 0.2) is 0 Å². The van der Waals surface area contributed by atoms with E-state index in [0.29, 0.717) is 18.7 Å². The number of carbonyl (C=O) groups is 1. The van der Waals surface area contributed by atoms with Crippen LogP contribution in [0.5, 0.6) is 5.75 Å². The van der Waals surface area contributed by atoms with Gasteiger partial charge in [-0.1, -0.05) is 6.07 Å². The molecule has 1 heterocycles. The number of hydrogen-bond donors (Lipinski definition) is 2. The van der Waals surface area contributed by atoms with Crippen LogP contribution >= 0.6 is 0 Å². The number of phenolic OH excluding ortho intramolecular Hbond substituents is 1. The number of aliphatic hydroxyl groups is 1. The molecule has 0 atom stereocenters. The Balaban J connectivity index is 1.89. The van der Waals surface area contributed by atoms with Crippen LogP contribution in [-0.4, -0.2) is 65.3 Å². The standard InChI is InChI=1S/C14H20N2O3/c17-10-2-5-15-6-8-16(9-7-15)14(19)12-3-1-4-13(18)11-12/h1,3-4,11,17-18H,2,5-10H2. The number of nitrogens with zero attached hydrogens (tertiary/aromatic N) is 2. The van der Waals surface area contributed by atoms with E-state index in [-0.39, 0.29) is 18.3 Å². The van der Waals surface area contributed by atoms with Crippen molar-refractivity contribution in [3.05, 3.63) is 29.8 Å². The molecule has 0 spiro atoms. The molecule has 1 aliphatic rings. The number of piperazine rings is 1. The molecule has 1 fully saturated rings. The molecule has 1 saturated heterocycles. The van der Waals surface area contributed by atoms with E-state index in [9.17, 15) is 9.90 Å². The summed E-state index contributed by atoms with van der Waals surface area (Å²) in [7, 11) is 0. The Morgan fingerprint density at radius 2 is 1.95 bits per heavy atom. The van der Waals surface area contributed by atoms with E-state index in [1.54, 1.807) is 18.2 Å². The molecule has 1 amide bonds. The molecule has 0 aliphatic carbocycles. The summed E-state index contributed by atoms with van der Waals surface area (Å²) in [5.41, 5.74) is 0.531. The van der Waals surface area contributed by atoms with Crippen molar-refractivity contribution in [2.45, 2.75) is 6.42 Å². The number of amides is 1. The molecule has 1 aromatic carbocycles. The highest BCUT2D eigenvalue weighted by molar-refractivity contribution is 5.94. The van der Waals surface area contributed by atoms with Crippen molar-refractivity contribution in [3.63, 3.8) is 0 Å². The first-order valence-electron chi connectivity index (χ1n) is 6.62. The van der Waals surface area contributed by atoms with E-state index in [2.05, 4.69) is 4.90 Å². The molecule has 0 radical (unpaired) electrons. The molecule has 0 unspecified atom stereocenters. The van der Waals surface area contributed by atoms with E-state index >= 15 is 0 Å². The van der Waals surface area contributed by atoms with Crippen LogP contribution in [0.3, 0.4) is 0 Å². The van der Waals surface area contributed by atoms with Gasteiger partial charge in [-0.05, 0) is 24.6 Å². The van der Waals surface area contributed by atoms with Crippen LogP contribution in [0, 0.1) is 0 Å². The molecule has 0 aromatic heterocycles. The predicted octanol–water partition coefficient (Wildman–Crippen LogP) is 0.532. The highest BCUT2D eigenvalue weighted by Crippen LogP contribution is 2.14. The van der Waals surface area contributed by atoms with Crippen molar-refractivity contribution in [1.29, 1.82) is 0 Å². The predicted molar refractivity (Wildman–Crippen MR) is 72.2 cm³/mol. The molecular weight excluding hydrogens is 244 g/mol. The average molecular weight is 264 g/mol. The molecule has 1 aliphatic heterocycles. The first-order chi connectivity index (χ1) is 9.20. The second-order valence-corrected chi connectivity index (χ2v) is 4.76. The van der Waals surface area contributed by atoms with Gasteiger partial charge in [0.05, 0.1) is 0 Å². The SMILES string of the molecule is O=C(c1cccc(O)c1)N1CCN(CCCO)CC1. The summed E-state index contributed by atoms with van der Waals surface area (Å²) in [5, 5.41) is 18.2. The molecule has 19 heavy (non-hydrogen) atoms. The zero-order chi connectivity index (χ0) is 13.7. The normalized spacial score (nSPS) is 16.6. The molecule has 0 bridgehead atoms. The lowest BCUT2D eigenvalue weighted by atomic mass is 10.1. The number of benzene rings is 1. The van der Waals surface area contributed by atoms with Crippen LogP contribution in [-0.2, 0) is 0 Å². The smallest absolute Gasteiger partial charge is 0.254 e. The number of aliphatic hydroxyl groups excluding tert-OH is 1. The number of aromatic hydroxyl groups is 1. The van der Waals surface area contributed by atoms with Gasteiger partial charge in [-0.2, -0.15) is 0 Å². The highest BCUT2D eigenvalue weighted by Gasteiger charge is 2.21. The number of carbonyl (C=O) groups excluding carboxylic acids is 1. The minimum absolute atomic E-state index is 0.0299. The molecule has 1 aromatic rings. The van der Waals surface area contributed by atoms with Crippen molar-refractivity contribution < 1.29 is 15.0 Å². The van der Waals surface area contributed by atoms with Gasteiger partial charge in [-0.3, -0.25) is 9.69 Å². The monoisotopic (exact) mass is 264 g/mol. The van der Waals surface area contributed by atoms with Crippen LogP contribution in [0.15, 0.2) is 24.3 Å². The van der Waals surface area contributed by atoms with Crippen LogP contribution < -0.4 is 0 Å². The zero-order valence-corrected chi connectivity index (χ0v) is 11.0. The Morgan fingerprint density at radius 3 is 2.58 bits per heavy atom. The topological polar surface area (TPSA) is 64.0 Å². The molecule has 104 valence electrons. The summed E-state index contributed by atoms with van der Waals surface area (Å²) in [6.45, 7) is 4.15. The number of phenols is 1. The van der Waals surface area contributed by atoms with E-state index < -0.39 is 0 Å². The third-order valence-corrected chi connectivity index (χ3v) is 3.39. The molecule has 2 rings (SSSR count). The lowest BCUT2D eigenvalue weighted by molar-refractivity contribution is 0.0628. The summed E-state index contributed by atoms with van der Waals surface area (Å²) in [5.74, 6) is 0.0881. The minimum Gasteiger partial charge on any atom is -0.508 e. The average Bonchev–Trinajstić information content (AvgIpc) is 2.45. The third kappa shape index (κ3) is 3.68. The zero-order valence-electron chi connectivity index (χ0n) is 11.0. The third-order valence-electron chi connectivity index (χ3n) is 3.39. The van der Waals surface area contributed by atoms with Crippen LogP contribution in [0.1, 0.15) is 16.8 Å². The molecule has 5 nitrogen and oxygen atoms in total. The van der Waals surface area contributed by atoms with Crippen molar-refractivity contribution in [1.82, 2.24) is 9.80 Å². The van der Waals surface area contributed by atoms with Crippen molar-refractivity contribution >= 4 is 5.91 Å². The van der Waals surface area contributed by atoms with Gasteiger partial charge in [0.2, 0.25) is 0 Å². The quantitative estimate of drug-likeness (QED) is 0.833. The summed E-state index contributed by atoms with van der Waals surface area (Å²) < 4.78 is 0. The second-order valence-electron chi connectivity index (χ2n) is 4.76. The van der Waals surface area contributed by atoms with E-state index in [1.807, 2.05) is 4.90 Å². The molecule has 5 heteroatoms. The van der Waals surface area contributed by atoms with E-state index in [1.165, 1.54) is 6.07 Å². The fourth-order valence-corrected chi connectivity index (χ4v) is 2.29. The summed E-state index contributed by atoms with van der Waals surface area (Å²) in [6, 6.07) is 6.46. The van der Waals surface area contributed by atoms with Gasteiger partial charge in [0.1, 0.15) is 5.75 Å². The van der Waals surface area contributed by atoms with Gasteiger partial charge in [0, 0.05) is 44.9 Å². The first kappa shape index (κ1) is 13.8. The van der Waals surface area contributed by atoms with E-state index in [0.717, 1.165) is 26.1 Å². The Labute approximate surface area is 113 Å². The Hall–Kier alpha value is -1.59. The molecule has 2 N–H and O–H groups in total. The highest BCUT2D eigenvalue weighted by atomic mass is 16.3. The second kappa shape index (κ2) is 6.54. The fourth-order valence-electron chi connectivity index (χ4n) is 2.29. The molecule has 0 saturated carbocycles. The lowest BCUT2D eigenvalue weighted by Crippen LogP contribution is -2.48. The molecular formula is C14H20N2O3. The summed E-state index contributed by atoms with van der Waals surface area (Å²) >= 11 is 0. The van der Waals surface area contributed by atoms with Crippen molar-refractivity contribution in [3.8, 4) is 5.75 Å². The number of hydrogen-bond acceptors (Lipinski definition) is 4. The maximum absolute atomic E-state index is 12.2. The van der Waals surface area contributed by atoms with Crippen molar-refractivity contribution in [2.75, 3.05) is 39.3 Å². The fraction of sp³-hybridized carbons (Fsp3) is 0.500. The van der Waals surface area contributed by atoms with Gasteiger partial charge in [0.25, 0.3) is 5.91 Å². The first-order valence-corrected chi connectivity index (χ1v) is 6.62. The largest absolute Gasteiger partial charge is 0.508 e. The van der Waals surface area contributed by atoms with Gasteiger partial charge < -0.3 is 15.1 Å². The maximum Gasteiger partial charge on any atom is 0.254 e. The Bertz CT molecular complexity index is 428. The van der Waals surface area contributed by atoms with Crippen LogP contribution in [0.25, 0.3) is 0 Å². The van der Waals surface area contributed by atoms with Gasteiger partial charge >= 0.3 is 0 Å². The van der Waals surface area contributed by atoms with Crippen molar-refractivity contribution in [2.24, 2.45) is 0 Å². The van der Waals surface area contributed by atoms with Crippen LogP contribution in [0.2, 0.25) is 0 Å².